The molecule has 4 N–H and O–H groups in total. The molecule has 1 aliphatic carbocycles. The van der Waals surface area contributed by atoms with E-state index in [1.165, 1.54) is 11.6 Å². The lowest BCUT2D eigenvalue weighted by Gasteiger charge is -2.26. The second-order valence-electron chi connectivity index (χ2n) is 5.31. The number of carbonyl (C=O) groups excluding carboxylic acids is 1. The van der Waals surface area contributed by atoms with Crippen LogP contribution >= 0.6 is 0 Å². The molecule has 2 aromatic rings. The number of hydrogen-bond donors (Lipinski definition) is 3. The lowest BCUT2D eigenvalue weighted by Crippen LogP contribution is -2.32. The van der Waals surface area contributed by atoms with Crippen LogP contribution in [0.2, 0.25) is 0 Å². The van der Waals surface area contributed by atoms with Gasteiger partial charge in [0.15, 0.2) is 0 Å². The summed E-state index contributed by atoms with van der Waals surface area (Å²) in [6.07, 6.45) is 2.88. The van der Waals surface area contributed by atoms with Gasteiger partial charge in [-0.1, -0.05) is 12.1 Å². The number of amides is 1. The van der Waals surface area contributed by atoms with Crippen LogP contribution < -0.4 is 16.6 Å². The summed E-state index contributed by atoms with van der Waals surface area (Å²) in [7, 11) is 0. The maximum Gasteiger partial charge on any atom is 0.268 e. The van der Waals surface area contributed by atoms with E-state index in [1.807, 2.05) is 18.2 Å². The van der Waals surface area contributed by atoms with Crippen molar-refractivity contribution in [3.8, 4) is 0 Å². The summed E-state index contributed by atoms with van der Waals surface area (Å²) < 4.78 is 0. The van der Waals surface area contributed by atoms with E-state index in [1.54, 1.807) is 12.1 Å². The molecular formula is C16H17N3O2. The van der Waals surface area contributed by atoms with E-state index in [-0.39, 0.29) is 23.2 Å². The Bertz CT molecular complexity index is 736. The maximum atomic E-state index is 12.2. The summed E-state index contributed by atoms with van der Waals surface area (Å²) >= 11 is 0. The van der Waals surface area contributed by atoms with Crippen LogP contribution in [-0.2, 0) is 6.42 Å². The van der Waals surface area contributed by atoms with Crippen molar-refractivity contribution < 1.29 is 4.79 Å². The highest BCUT2D eigenvalue weighted by Crippen LogP contribution is 2.31. The van der Waals surface area contributed by atoms with Crippen molar-refractivity contribution in [3.63, 3.8) is 0 Å². The molecule has 0 saturated heterocycles. The van der Waals surface area contributed by atoms with E-state index >= 15 is 0 Å². The average Bonchev–Trinajstić information content (AvgIpc) is 2.47. The molecule has 1 unspecified atom stereocenters. The molecule has 0 radical (unpaired) electrons. The minimum absolute atomic E-state index is 0.0365. The highest BCUT2D eigenvalue weighted by molar-refractivity contribution is 5.92. The monoisotopic (exact) mass is 283 g/mol. The molecule has 3 rings (SSSR count). The molecule has 1 heterocycles. The topological polar surface area (TPSA) is 88.0 Å². The molecule has 1 amide bonds. The minimum Gasteiger partial charge on any atom is -0.399 e. The predicted molar refractivity (Wildman–Crippen MR) is 81.1 cm³/mol. The molecule has 0 bridgehead atoms. The molecule has 0 fully saturated rings. The first-order chi connectivity index (χ1) is 10.1. The Morgan fingerprint density at radius 1 is 1.29 bits per heavy atom. The van der Waals surface area contributed by atoms with Gasteiger partial charge in [-0.15, -0.1) is 0 Å². The minimum atomic E-state index is -0.278. The smallest absolute Gasteiger partial charge is 0.268 e. The molecule has 5 heteroatoms. The Labute approximate surface area is 122 Å². The van der Waals surface area contributed by atoms with Gasteiger partial charge in [0.1, 0.15) is 5.69 Å². The number of nitrogens with one attached hydrogen (secondary N) is 2. The SMILES string of the molecule is Nc1ccc2c(c1)CCCC2NC(=O)c1cccc(=O)[nH]1. The molecule has 1 aromatic heterocycles. The summed E-state index contributed by atoms with van der Waals surface area (Å²) in [5, 5.41) is 2.99. The molecule has 108 valence electrons. The van der Waals surface area contributed by atoms with Crippen LogP contribution in [0.15, 0.2) is 41.2 Å². The molecule has 0 spiro atoms. The molecule has 1 atom stereocenters. The lowest BCUT2D eigenvalue weighted by atomic mass is 9.87. The third kappa shape index (κ3) is 2.81. The normalized spacial score (nSPS) is 17.0. The number of carbonyl (C=O) groups is 1. The first-order valence-electron chi connectivity index (χ1n) is 7.02. The van der Waals surface area contributed by atoms with E-state index in [0.717, 1.165) is 30.5 Å². The molecule has 1 aromatic carbocycles. The standard InChI is InChI=1S/C16H17N3O2/c17-11-7-8-12-10(9-11)3-1-4-13(12)19-16(21)14-5-2-6-15(20)18-14/h2,5-9,13H,1,3-4,17H2,(H,18,20)(H,19,21). The largest absolute Gasteiger partial charge is 0.399 e. The Hall–Kier alpha value is -2.56. The first-order valence-corrected chi connectivity index (χ1v) is 7.02. The predicted octanol–water partition coefficient (Wildman–Crippen LogP) is 1.76. The maximum absolute atomic E-state index is 12.2. The number of aromatic amines is 1. The summed E-state index contributed by atoms with van der Waals surface area (Å²) in [6, 6.07) is 10.3. The number of benzene rings is 1. The van der Waals surface area contributed by atoms with E-state index < -0.39 is 0 Å². The average molecular weight is 283 g/mol. The number of rotatable bonds is 2. The number of anilines is 1. The van der Waals surface area contributed by atoms with Gasteiger partial charge in [0, 0.05) is 11.8 Å². The van der Waals surface area contributed by atoms with Gasteiger partial charge in [-0.05, 0) is 48.6 Å². The van der Waals surface area contributed by atoms with Gasteiger partial charge in [0.2, 0.25) is 5.56 Å². The zero-order valence-corrected chi connectivity index (χ0v) is 11.6. The van der Waals surface area contributed by atoms with Crippen LogP contribution in [0.3, 0.4) is 0 Å². The van der Waals surface area contributed by atoms with Gasteiger partial charge in [0.25, 0.3) is 5.91 Å². The fraction of sp³-hybridized carbons (Fsp3) is 0.250. The van der Waals surface area contributed by atoms with Gasteiger partial charge in [-0.3, -0.25) is 9.59 Å². The van der Waals surface area contributed by atoms with E-state index in [9.17, 15) is 9.59 Å². The van der Waals surface area contributed by atoms with Gasteiger partial charge >= 0.3 is 0 Å². The number of fused-ring (bicyclic) bond motifs is 1. The molecule has 21 heavy (non-hydrogen) atoms. The summed E-state index contributed by atoms with van der Waals surface area (Å²) in [5.41, 5.74) is 8.86. The van der Waals surface area contributed by atoms with E-state index in [2.05, 4.69) is 10.3 Å². The third-order valence-corrected chi connectivity index (χ3v) is 3.80. The third-order valence-electron chi connectivity index (χ3n) is 3.80. The lowest BCUT2D eigenvalue weighted by molar-refractivity contribution is 0.0927. The van der Waals surface area contributed by atoms with Crippen LogP contribution in [0.5, 0.6) is 0 Å². The Morgan fingerprint density at radius 2 is 2.14 bits per heavy atom. The summed E-state index contributed by atoms with van der Waals surface area (Å²) in [5.74, 6) is -0.262. The van der Waals surface area contributed by atoms with Gasteiger partial charge in [-0.2, -0.15) is 0 Å². The molecule has 1 aliphatic rings. The van der Waals surface area contributed by atoms with Crippen molar-refractivity contribution in [2.24, 2.45) is 0 Å². The van der Waals surface area contributed by atoms with Crippen molar-refractivity contribution in [3.05, 3.63) is 63.6 Å². The Balaban J connectivity index is 1.83. The number of H-pyrrole nitrogens is 1. The van der Waals surface area contributed by atoms with Crippen LogP contribution in [0, 0.1) is 0 Å². The number of aryl methyl sites for hydroxylation is 1. The number of nitrogens with two attached hydrogens (primary N) is 1. The van der Waals surface area contributed by atoms with Crippen molar-refractivity contribution in [2.45, 2.75) is 25.3 Å². The van der Waals surface area contributed by atoms with Crippen molar-refractivity contribution >= 4 is 11.6 Å². The van der Waals surface area contributed by atoms with Crippen LogP contribution in [0.4, 0.5) is 5.69 Å². The zero-order valence-electron chi connectivity index (χ0n) is 11.6. The van der Waals surface area contributed by atoms with E-state index in [4.69, 9.17) is 5.73 Å². The highest BCUT2D eigenvalue weighted by atomic mass is 16.2. The number of aromatic nitrogens is 1. The first kappa shape index (κ1) is 13.4. The van der Waals surface area contributed by atoms with Crippen LogP contribution in [0.25, 0.3) is 0 Å². The van der Waals surface area contributed by atoms with Crippen molar-refractivity contribution in [1.82, 2.24) is 10.3 Å². The molecule has 0 aliphatic heterocycles. The van der Waals surface area contributed by atoms with Crippen LogP contribution in [-0.4, -0.2) is 10.9 Å². The summed E-state index contributed by atoms with van der Waals surface area (Å²) in [6.45, 7) is 0. The second-order valence-corrected chi connectivity index (χ2v) is 5.31. The highest BCUT2D eigenvalue weighted by Gasteiger charge is 2.22. The number of hydrogen-bond acceptors (Lipinski definition) is 3. The summed E-state index contributed by atoms with van der Waals surface area (Å²) in [4.78, 5) is 26.1. The van der Waals surface area contributed by atoms with Crippen molar-refractivity contribution in [1.29, 1.82) is 0 Å². The van der Waals surface area contributed by atoms with Gasteiger partial charge in [0.05, 0.1) is 6.04 Å². The fourth-order valence-electron chi connectivity index (χ4n) is 2.80. The molecular weight excluding hydrogens is 266 g/mol. The Morgan fingerprint density at radius 3 is 2.95 bits per heavy atom. The van der Waals surface area contributed by atoms with Gasteiger partial charge < -0.3 is 16.0 Å². The molecule has 0 saturated carbocycles. The second kappa shape index (κ2) is 5.44. The van der Waals surface area contributed by atoms with Gasteiger partial charge in [-0.25, -0.2) is 0 Å². The molecule has 5 nitrogen and oxygen atoms in total. The zero-order chi connectivity index (χ0) is 14.8. The van der Waals surface area contributed by atoms with E-state index in [0.29, 0.717) is 0 Å². The quantitative estimate of drug-likeness (QED) is 0.734. The number of pyridine rings is 1. The van der Waals surface area contributed by atoms with Crippen molar-refractivity contribution in [2.75, 3.05) is 5.73 Å². The van der Waals surface area contributed by atoms with Crippen LogP contribution in [0.1, 0.15) is 40.5 Å². The Kier molecular flexibility index (Phi) is 3.48. The number of nitrogen functional groups attached to an aromatic ring is 1. The fourth-order valence-corrected chi connectivity index (χ4v) is 2.80.